The Balaban J connectivity index is 1.04. The number of nitrogens with two attached hydrogens (primary N) is 1. The summed E-state index contributed by atoms with van der Waals surface area (Å²) in [5, 5.41) is 15.5. The monoisotopic (exact) mass is 744 g/mol. The number of amides is 2. The van der Waals surface area contributed by atoms with E-state index in [4.69, 9.17) is 15.2 Å². The molecule has 2 aliphatic rings. The molecule has 4 aromatic carbocycles. The molecule has 55 heavy (non-hydrogen) atoms. The third-order valence-electron chi connectivity index (χ3n) is 10.8. The average molecular weight is 745 g/mol. The maximum absolute atomic E-state index is 12.8. The first kappa shape index (κ1) is 39.9. The maximum Gasteiger partial charge on any atom is 0.224 e. The molecule has 6 rings (SSSR count). The Labute approximate surface area is 325 Å². The van der Waals surface area contributed by atoms with Crippen LogP contribution in [0.3, 0.4) is 0 Å². The van der Waals surface area contributed by atoms with E-state index in [1.54, 1.807) is 12.1 Å². The molecule has 0 spiro atoms. The van der Waals surface area contributed by atoms with Gasteiger partial charge in [-0.1, -0.05) is 110 Å². The van der Waals surface area contributed by atoms with Crippen molar-refractivity contribution in [2.45, 2.75) is 102 Å². The standard InChI is InChI=1S/C46H56N4O5/c1-2-28-50(38-13-7-8-14-38)31-39-29-43(35-22-20-33(32-51)21-23-35)55-46(54-39)36-26-24-34(25-27-36)40-15-9-6-12-37(40)30-48-44(52)18-4-3-5-19-45(53)49-42-17-11-10-16-41(42)47/h2,6,9-12,15-17,20-27,38-39,43,46,51H,1,3-5,7-8,13-14,18-19,28-32,47H2,(H,48,52)(H,49,53)/t39-,43+,46+/m0/s1. The highest BCUT2D eigenvalue weighted by Gasteiger charge is 2.34. The minimum absolute atomic E-state index is 0.00652. The molecule has 0 unspecified atom stereocenters. The van der Waals surface area contributed by atoms with Crippen LogP contribution in [-0.2, 0) is 32.2 Å². The van der Waals surface area contributed by atoms with E-state index in [-0.39, 0.29) is 30.6 Å². The summed E-state index contributed by atoms with van der Waals surface area (Å²) in [6.07, 6.45) is 10.0. The van der Waals surface area contributed by atoms with Gasteiger partial charge in [-0.2, -0.15) is 0 Å². The van der Waals surface area contributed by atoms with Gasteiger partial charge in [0.05, 0.1) is 30.2 Å². The van der Waals surface area contributed by atoms with Gasteiger partial charge in [0.2, 0.25) is 11.8 Å². The lowest BCUT2D eigenvalue weighted by atomic mass is 9.97. The summed E-state index contributed by atoms with van der Waals surface area (Å²) in [6.45, 7) is 6.13. The Morgan fingerprint density at radius 3 is 2.25 bits per heavy atom. The fourth-order valence-corrected chi connectivity index (χ4v) is 7.73. The minimum atomic E-state index is -0.531. The summed E-state index contributed by atoms with van der Waals surface area (Å²) < 4.78 is 13.4. The molecule has 1 saturated carbocycles. The molecule has 1 aliphatic carbocycles. The Morgan fingerprint density at radius 1 is 0.836 bits per heavy atom. The summed E-state index contributed by atoms with van der Waals surface area (Å²) in [5.74, 6) is -0.0811. The van der Waals surface area contributed by atoms with E-state index in [1.807, 2.05) is 48.5 Å². The van der Waals surface area contributed by atoms with E-state index in [0.29, 0.717) is 49.6 Å². The number of carbonyl (C=O) groups is 2. The Morgan fingerprint density at radius 2 is 1.53 bits per heavy atom. The van der Waals surface area contributed by atoms with Gasteiger partial charge in [0.1, 0.15) is 0 Å². The lowest BCUT2D eigenvalue weighted by Gasteiger charge is -2.39. The Hall–Kier alpha value is -4.80. The van der Waals surface area contributed by atoms with Crippen LogP contribution in [0.5, 0.6) is 0 Å². The van der Waals surface area contributed by atoms with Crippen molar-refractivity contribution in [3.63, 3.8) is 0 Å². The molecule has 0 bridgehead atoms. The highest BCUT2D eigenvalue weighted by molar-refractivity contribution is 5.93. The van der Waals surface area contributed by atoms with Gasteiger partial charge < -0.3 is 30.9 Å². The van der Waals surface area contributed by atoms with Crippen molar-refractivity contribution in [3.05, 3.63) is 132 Å². The molecule has 3 atom stereocenters. The van der Waals surface area contributed by atoms with Crippen molar-refractivity contribution in [1.29, 1.82) is 0 Å². The molecular weight excluding hydrogens is 689 g/mol. The SMILES string of the molecule is C=CCN(C[C@@H]1C[C@H](c2ccc(CO)cc2)O[C@H](c2ccc(-c3ccccc3CNC(=O)CCCCCC(=O)Nc3ccccc3N)cc2)O1)C1CCCC1. The van der Waals surface area contributed by atoms with Crippen LogP contribution in [-0.4, -0.2) is 47.1 Å². The molecule has 2 amide bonds. The van der Waals surface area contributed by atoms with Gasteiger partial charge in [-0.3, -0.25) is 14.5 Å². The molecule has 1 saturated heterocycles. The summed E-state index contributed by atoms with van der Waals surface area (Å²) in [4.78, 5) is 27.6. The number of unbranched alkanes of at least 4 members (excludes halogenated alkanes) is 2. The molecule has 9 heteroatoms. The lowest BCUT2D eigenvalue weighted by molar-refractivity contribution is -0.253. The van der Waals surface area contributed by atoms with Crippen LogP contribution >= 0.6 is 0 Å². The van der Waals surface area contributed by atoms with Crippen molar-refractivity contribution in [2.24, 2.45) is 0 Å². The van der Waals surface area contributed by atoms with E-state index < -0.39 is 6.29 Å². The molecular formula is C46H56N4O5. The van der Waals surface area contributed by atoms with Gasteiger partial charge in [0.25, 0.3) is 0 Å². The number of benzene rings is 4. The molecule has 4 aromatic rings. The second kappa shape index (κ2) is 20.2. The first-order valence-corrected chi connectivity index (χ1v) is 19.8. The highest BCUT2D eigenvalue weighted by Crippen LogP contribution is 2.39. The van der Waals surface area contributed by atoms with Crippen LogP contribution in [0.15, 0.2) is 110 Å². The zero-order chi connectivity index (χ0) is 38.4. The molecule has 9 nitrogen and oxygen atoms in total. The number of nitrogens with one attached hydrogen (secondary N) is 2. The maximum atomic E-state index is 12.8. The first-order chi connectivity index (χ1) is 26.9. The van der Waals surface area contributed by atoms with E-state index >= 15 is 0 Å². The number of hydrogen-bond donors (Lipinski definition) is 4. The number of hydrogen-bond acceptors (Lipinski definition) is 7. The zero-order valence-electron chi connectivity index (χ0n) is 31.8. The van der Waals surface area contributed by atoms with E-state index in [9.17, 15) is 14.7 Å². The van der Waals surface area contributed by atoms with Gasteiger partial charge in [0, 0.05) is 50.5 Å². The van der Waals surface area contributed by atoms with Crippen LogP contribution in [0.2, 0.25) is 0 Å². The van der Waals surface area contributed by atoms with Crippen LogP contribution in [0.4, 0.5) is 11.4 Å². The van der Waals surface area contributed by atoms with E-state index in [2.05, 4.69) is 64.6 Å². The topological polar surface area (TPSA) is 126 Å². The van der Waals surface area contributed by atoms with Crippen molar-refractivity contribution < 1.29 is 24.2 Å². The fraction of sp³-hybridized carbons (Fsp3) is 0.391. The summed E-state index contributed by atoms with van der Waals surface area (Å²) in [7, 11) is 0. The number of nitrogens with zero attached hydrogens (tertiary/aromatic N) is 1. The molecule has 0 radical (unpaired) electrons. The second-order valence-electron chi connectivity index (χ2n) is 14.8. The molecule has 2 fully saturated rings. The van der Waals surface area contributed by atoms with Gasteiger partial charge in [0.15, 0.2) is 6.29 Å². The second-order valence-corrected chi connectivity index (χ2v) is 14.8. The molecule has 290 valence electrons. The predicted octanol–water partition coefficient (Wildman–Crippen LogP) is 8.61. The summed E-state index contributed by atoms with van der Waals surface area (Å²) >= 11 is 0. The summed E-state index contributed by atoms with van der Waals surface area (Å²) in [5.41, 5.74) is 13.1. The Kier molecular flexibility index (Phi) is 14.7. The van der Waals surface area contributed by atoms with Crippen LogP contribution in [0.1, 0.15) is 98.9 Å². The van der Waals surface area contributed by atoms with Crippen LogP contribution in [0, 0.1) is 0 Å². The molecule has 1 heterocycles. The van der Waals surface area contributed by atoms with E-state index in [0.717, 1.165) is 59.3 Å². The van der Waals surface area contributed by atoms with Gasteiger partial charge in [-0.05, 0) is 65.6 Å². The number of rotatable bonds is 18. The number of aliphatic hydroxyl groups excluding tert-OH is 1. The summed E-state index contributed by atoms with van der Waals surface area (Å²) in [6, 6.07) is 32.3. The van der Waals surface area contributed by atoms with Crippen molar-refractivity contribution in [2.75, 3.05) is 24.1 Å². The number of ether oxygens (including phenoxy) is 2. The quantitative estimate of drug-likeness (QED) is 0.0457. The largest absolute Gasteiger partial charge is 0.397 e. The lowest BCUT2D eigenvalue weighted by Crippen LogP contribution is -2.43. The number of nitrogen functional groups attached to an aromatic ring is 1. The van der Waals surface area contributed by atoms with Gasteiger partial charge in [-0.15, -0.1) is 6.58 Å². The van der Waals surface area contributed by atoms with Crippen molar-refractivity contribution in [3.8, 4) is 11.1 Å². The van der Waals surface area contributed by atoms with Crippen LogP contribution < -0.4 is 16.4 Å². The van der Waals surface area contributed by atoms with Gasteiger partial charge >= 0.3 is 0 Å². The number of aliphatic hydroxyl groups is 1. The molecule has 0 aromatic heterocycles. The molecule has 5 N–H and O–H groups in total. The minimum Gasteiger partial charge on any atom is -0.397 e. The molecule has 1 aliphatic heterocycles. The number of anilines is 2. The third-order valence-corrected chi connectivity index (χ3v) is 10.8. The number of para-hydroxylation sites is 2. The highest BCUT2D eigenvalue weighted by atomic mass is 16.7. The third kappa shape index (κ3) is 11.4. The van der Waals surface area contributed by atoms with Crippen LogP contribution in [0.25, 0.3) is 11.1 Å². The first-order valence-electron chi connectivity index (χ1n) is 19.8. The average Bonchev–Trinajstić information content (AvgIpc) is 3.76. The van der Waals surface area contributed by atoms with Crippen molar-refractivity contribution >= 4 is 23.2 Å². The zero-order valence-corrected chi connectivity index (χ0v) is 31.8. The van der Waals surface area contributed by atoms with E-state index in [1.165, 1.54) is 25.7 Å². The normalized spacial score (nSPS) is 18.6. The Bertz CT molecular complexity index is 1840. The predicted molar refractivity (Wildman–Crippen MR) is 219 cm³/mol. The smallest absolute Gasteiger partial charge is 0.224 e. The van der Waals surface area contributed by atoms with Gasteiger partial charge in [-0.25, -0.2) is 0 Å². The fourth-order valence-electron chi connectivity index (χ4n) is 7.73. The van der Waals surface area contributed by atoms with Crippen molar-refractivity contribution in [1.82, 2.24) is 10.2 Å². The number of carbonyl (C=O) groups excluding carboxylic acids is 2.